The largest absolute Gasteiger partial charge is 0.416 e. The van der Waals surface area contributed by atoms with E-state index in [0.717, 1.165) is 32.2 Å². The van der Waals surface area contributed by atoms with Crippen LogP contribution in [0.2, 0.25) is 16.6 Å². The van der Waals surface area contributed by atoms with Gasteiger partial charge in [0.2, 0.25) is 0 Å². The molecule has 1 rings (SSSR count). The highest BCUT2D eigenvalue weighted by molar-refractivity contribution is 6.77. The van der Waals surface area contributed by atoms with Gasteiger partial charge in [-0.05, 0) is 47.2 Å². The predicted molar refractivity (Wildman–Crippen MR) is 102 cm³/mol. The SMILES string of the molecule is C=C1CC[C@H](CC=O)[C@@]1(C)CCO[Si](C(C)C)(C(C)C)C(C)C. The fourth-order valence-corrected chi connectivity index (χ4v) is 10.5. The zero-order valence-corrected chi connectivity index (χ0v) is 17.4. The lowest BCUT2D eigenvalue weighted by molar-refractivity contribution is -0.109. The molecular weight excluding hydrogens is 300 g/mol. The Labute approximate surface area is 145 Å². The first kappa shape index (κ1) is 20.6. The van der Waals surface area contributed by atoms with Crippen LogP contribution < -0.4 is 0 Å². The van der Waals surface area contributed by atoms with E-state index >= 15 is 0 Å². The number of hydrogen-bond acceptors (Lipinski definition) is 2. The van der Waals surface area contributed by atoms with Gasteiger partial charge in [-0.3, -0.25) is 0 Å². The summed E-state index contributed by atoms with van der Waals surface area (Å²) in [6, 6.07) is 0. The second-order valence-electron chi connectivity index (χ2n) is 8.58. The molecule has 0 aliphatic heterocycles. The highest BCUT2D eigenvalue weighted by atomic mass is 28.4. The highest BCUT2D eigenvalue weighted by Gasteiger charge is 2.46. The molecule has 0 heterocycles. The lowest BCUT2D eigenvalue weighted by Crippen LogP contribution is -2.48. The summed E-state index contributed by atoms with van der Waals surface area (Å²) in [5.41, 5.74) is 3.25. The van der Waals surface area contributed by atoms with Gasteiger partial charge in [0, 0.05) is 13.0 Å². The minimum absolute atomic E-state index is 0.0754. The molecule has 0 aromatic carbocycles. The monoisotopic (exact) mass is 338 g/mol. The van der Waals surface area contributed by atoms with E-state index in [9.17, 15) is 4.79 Å². The van der Waals surface area contributed by atoms with E-state index in [1.165, 1.54) is 5.57 Å². The fraction of sp³-hybridized carbons (Fsp3) is 0.850. The van der Waals surface area contributed by atoms with Crippen LogP contribution in [0.5, 0.6) is 0 Å². The molecule has 1 fully saturated rings. The Kier molecular flexibility index (Phi) is 7.27. The molecule has 0 radical (unpaired) electrons. The van der Waals surface area contributed by atoms with Crippen LogP contribution in [0.4, 0.5) is 0 Å². The van der Waals surface area contributed by atoms with Crippen molar-refractivity contribution < 1.29 is 9.22 Å². The summed E-state index contributed by atoms with van der Waals surface area (Å²) in [7, 11) is -1.79. The van der Waals surface area contributed by atoms with Crippen LogP contribution in [0.25, 0.3) is 0 Å². The fourth-order valence-electron chi connectivity index (χ4n) is 5.06. The molecule has 1 saturated carbocycles. The Morgan fingerprint density at radius 2 is 1.74 bits per heavy atom. The summed E-state index contributed by atoms with van der Waals surface area (Å²) in [6.45, 7) is 21.4. The van der Waals surface area contributed by atoms with Crippen LogP contribution in [0, 0.1) is 11.3 Å². The van der Waals surface area contributed by atoms with Crippen LogP contribution in [-0.2, 0) is 9.22 Å². The Bertz CT molecular complexity index is 392. The maximum absolute atomic E-state index is 11.0. The summed E-state index contributed by atoms with van der Waals surface area (Å²) in [4.78, 5) is 11.0. The maximum atomic E-state index is 11.0. The van der Waals surface area contributed by atoms with Crippen LogP contribution in [0.1, 0.15) is 74.1 Å². The number of carbonyl (C=O) groups is 1. The Balaban J connectivity index is 2.83. The van der Waals surface area contributed by atoms with Gasteiger partial charge >= 0.3 is 0 Å². The van der Waals surface area contributed by atoms with Gasteiger partial charge in [-0.15, -0.1) is 0 Å². The molecule has 0 bridgehead atoms. The van der Waals surface area contributed by atoms with Gasteiger partial charge in [0.05, 0.1) is 0 Å². The van der Waals surface area contributed by atoms with E-state index in [1.54, 1.807) is 0 Å². The molecular formula is C20H38O2Si. The van der Waals surface area contributed by atoms with Gasteiger partial charge in [-0.25, -0.2) is 0 Å². The van der Waals surface area contributed by atoms with E-state index < -0.39 is 8.32 Å². The van der Waals surface area contributed by atoms with Crippen molar-refractivity contribution in [3.05, 3.63) is 12.2 Å². The molecule has 0 aromatic rings. The van der Waals surface area contributed by atoms with Gasteiger partial charge in [0.25, 0.3) is 0 Å². The third-order valence-electron chi connectivity index (χ3n) is 6.56. The summed E-state index contributed by atoms with van der Waals surface area (Å²) in [6.07, 6.45) is 4.92. The maximum Gasteiger partial charge on any atom is 0.200 e. The number of allylic oxidation sites excluding steroid dienone is 1. The van der Waals surface area contributed by atoms with Crippen molar-refractivity contribution in [3.63, 3.8) is 0 Å². The van der Waals surface area contributed by atoms with E-state index in [2.05, 4.69) is 55.0 Å². The molecule has 2 atom stereocenters. The molecule has 1 aliphatic carbocycles. The van der Waals surface area contributed by atoms with Crippen molar-refractivity contribution in [3.8, 4) is 0 Å². The average molecular weight is 339 g/mol. The molecule has 2 nitrogen and oxygen atoms in total. The molecule has 134 valence electrons. The number of carbonyl (C=O) groups excluding carboxylic acids is 1. The second kappa shape index (κ2) is 8.11. The minimum Gasteiger partial charge on any atom is -0.416 e. The first-order valence-electron chi connectivity index (χ1n) is 9.38. The standard InChI is InChI=1S/C20H38O2Si/c1-15(2)23(16(3)4,17(5)6)22-14-12-20(8)18(7)9-10-19(20)11-13-21/h13,15-17,19H,7,9-12,14H2,1-6,8H3/t19-,20+/m1/s1. The van der Waals surface area contributed by atoms with Gasteiger partial charge < -0.3 is 9.22 Å². The van der Waals surface area contributed by atoms with Crippen molar-refractivity contribution in [1.82, 2.24) is 0 Å². The van der Waals surface area contributed by atoms with E-state index in [-0.39, 0.29) is 5.41 Å². The topological polar surface area (TPSA) is 26.3 Å². The van der Waals surface area contributed by atoms with Crippen molar-refractivity contribution in [2.75, 3.05) is 6.61 Å². The first-order chi connectivity index (χ1) is 10.6. The van der Waals surface area contributed by atoms with Crippen molar-refractivity contribution in [1.29, 1.82) is 0 Å². The third-order valence-corrected chi connectivity index (χ3v) is 12.7. The lowest BCUT2D eigenvalue weighted by atomic mass is 9.74. The summed E-state index contributed by atoms with van der Waals surface area (Å²) < 4.78 is 6.73. The first-order valence-corrected chi connectivity index (χ1v) is 11.5. The van der Waals surface area contributed by atoms with Crippen LogP contribution >= 0.6 is 0 Å². The Morgan fingerprint density at radius 3 is 2.17 bits per heavy atom. The van der Waals surface area contributed by atoms with Crippen molar-refractivity contribution >= 4 is 14.6 Å². The molecule has 0 amide bonds. The smallest absolute Gasteiger partial charge is 0.200 e. The van der Waals surface area contributed by atoms with Crippen molar-refractivity contribution in [2.24, 2.45) is 11.3 Å². The Morgan fingerprint density at radius 1 is 1.22 bits per heavy atom. The van der Waals surface area contributed by atoms with E-state index in [1.807, 2.05) is 0 Å². The normalized spacial score (nSPS) is 25.8. The molecule has 3 heteroatoms. The minimum atomic E-state index is -1.79. The summed E-state index contributed by atoms with van der Waals surface area (Å²) in [5, 5.41) is 0. The van der Waals surface area contributed by atoms with Gasteiger partial charge in [-0.2, -0.15) is 0 Å². The summed E-state index contributed by atoms with van der Waals surface area (Å²) >= 11 is 0. The van der Waals surface area contributed by atoms with Crippen LogP contribution in [0.15, 0.2) is 12.2 Å². The Hall–Kier alpha value is -0.413. The zero-order valence-electron chi connectivity index (χ0n) is 16.4. The molecule has 0 spiro atoms. The van der Waals surface area contributed by atoms with Crippen molar-refractivity contribution in [2.45, 2.75) is 90.8 Å². The molecule has 1 aliphatic rings. The number of aldehydes is 1. The van der Waals surface area contributed by atoms with Gasteiger partial charge in [0.1, 0.15) is 6.29 Å². The average Bonchev–Trinajstić information content (AvgIpc) is 2.71. The van der Waals surface area contributed by atoms with Crippen LogP contribution in [-0.4, -0.2) is 21.2 Å². The number of rotatable bonds is 9. The van der Waals surface area contributed by atoms with Crippen LogP contribution in [0.3, 0.4) is 0 Å². The predicted octanol–water partition coefficient (Wildman–Crippen LogP) is 6.13. The van der Waals surface area contributed by atoms with E-state index in [0.29, 0.717) is 29.0 Å². The summed E-state index contributed by atoms with van der Waals surface area (Å²) in [5.74, 6) is 0.448. The molecule has 0 N–H and O–H groups in total. The van der Waals surface area contributed by atoms with Gasteiger partial charge in [-0.1, -0.05) is 60.6 Å². The highest BCUT2D eigenvalue weighted by Crippen LogP contribution is 2.51. The molecule has 23 heavy (non-hydrogen) atoms. The lowest BCUT2D eigenvalue weighted by Gasteiger charge is -2.43. The quantitative estimate of drug-likeness (QED) is 0.287. The molecule has 0 unspecified atom stereocenters. The molecule has 0 saturated heterocycles. The number of hydrogen-bond donors (Lipinski definition) is 0. The second-order valence-corrected chi connectivity index (χ2v) is 14.0. The molecule has 0 aromatic heterocycles. The zero-order chi connectivity index (χ0) is 17.8. The third kappa shape index (κ3) is 3.99. The van der Waals surface area contributed by atoms with Gasteiger partial charge in [0.15, 0.2) is 8.32 Å². The van der Waals surface area contributed by atoms with E-state index in [4.69, 9.17) is 4.43 Å².